The molecule has 1 aliphatic rings. The molecule has 1 aliphatic heterocycles. The number of para-hydroxylation sites is 1. The molecular weight excluding hydrogens is 715 g/mol. The Morgan fingerprint density at radius 3 is 2.11 bits per heavy atom. The summed E-state index contributed by atoms with van der Waals surface area (Å²) in [5.74, 6) is -2.52. The fourth-order valence-electron chi connectivity index (χ4n) is 6.75. The van der Waals surface area contributed by atoms with Crippen molar-refractivity contribution in [3.8, 4) is 0 Å². The van der Waals surface area contributed by atoms with Crippen LogP contribution in [0.4, 0.5) is 0 Å². The van der Waals surface area contributed by atoms with Gasteiger partial charge in [-0.25, -0.2) is 4.98 Å². The van der Waals surface area contributed by atoms with Crippen molar-refractivity contribution in [3.63, 3.8) is 0 Å². The molecule has 1 saturated heterocycles. The molecule has 16 heteroatoms. The molecule has 298 valence electrons. The fraction of sp³-hybridized carbons (Fsp3) is 0.425. The molecule has 2 aromatic heterocycles. The van der Waals surface area contributed by atoms with E-state index in [0.717, 1.165) is 41.3 Å². The predicted molar refractivity (Wildman–Crippen MR) is 213 cm³/mol. The summed E-state index contributed by atoms with van der Waals surface area (Å²) in [6.45, 7) is 0.600. The van der Waals surface area contributed by atoms with Crippen LogP contribution in [0.3, 0.4) is 0 Å². The average Bonchev–Trinajstić information content (AvgIpc) is 3.86. The van der Waals surface area contributed by atoms with Crippen LogP contribution in [-0.2, 0) is 43.2 Å². The lowest BCUT2D eigenvalue weighted by Gasteiger charge is -2.27. The monoisotopic (exact) mass is 767 g/mol. The van der Waals surface area contributed by atoms with Gasteiger partial charge in [-0.3, -0.25) is 29.0 Å². The summed E-state index contributed by atoms with van der Waals surface area (Å²) in [4.78, 5) is 83.6. The van der Waals surface area contributed by atoms with Crippen molar-refractivity contribution in [1.82, 2.24) is 41.5 Å². The van der Waals surface area contributed by atoms with E-state index < -0.39 is 41.9 Å². The van der Waals surface area contributed by atoms with Gasteiger partial charge < -0.3 is 48.0 Å². The number of benzene rings is 2. The number of H-pyrrole nitrogens is 2. The molecule has 56 heavy (non-hydrogen) atoms. The highest BCUT2D eigenvalue weighted by Crippen LogP contribution is 2.20. The van der Waals surface area contributed by atoms with E-state index in [-0.39, 0.29) is 56.4 Å². The Morgan fingerprint density at radius 1 is 0.696 bits per heavy atom. The molecule has 3 unspecified atom stereocenters. The minimum absolute atomic E-state index is 0.0943. The molecule has 0 radical (unpaired) electrons. The van der Waals surface area contributed by atoms with E-state index in [4.69, 9.17) is 11.5 Å². The van der Waals surface area contributed by atoms with Gasteiger partial charge in [0.1, 0.15) is 24.2 Å². The molecule has 4 aromatic rings. The van der Waals surface area contributed by atoms with Crippen molar-refractivity contribution >= 4 is 46.4 Å². The first kappa shape index (κ1) is 41.0. The first-order valence-corrected chi connectivity index (χ1v) is 19.3. The molecule has 0 bridgehead atoms. The number of amides is 5. The maximum atomic E-state index is 14.3. The second-order valence-electron chi connectivity index (χ2n) is 14.1. The topological polar surface area (TPSA) is 254 Å². The quantitative estimate of drug-likeness (QED) is 0.0646. The van der Waals surface area contributed by atoms with Gasteiger partial charge in [-0.15, -0.1) is 0 Å². The van der Waals surface area contributed by atoms with Crippen LogP contribution in [-0.4, -0.2) is 87.7 Å². The van der Waals surface area contributed by atoms with Crippen LogP contribution in [0.1, 0.15) is 68.2 Å². The molecular formula is C40H53N11O5. The van der Waals surface area contributed by atoms with Crippen LogP contribution >= 0.6 is 0 Å². The average molecular weight is 768 g/mol. The van der Waals surface area contributed by atoms with Gasteiger partial charge in [-0.1, -0.05) is 67.8 Å². The highest BCUT2D eigenvalue weighted by molar-refractivity contribution is 5.96. The summed E-state index contributed by atoms with van der Waals surface area (Å²) in [6.07, 6.45) is 9.79. The zero-order valence-electron chi connectivity index (χ0n) is 31.5. The third kappa shape index (κ3) is 12.7. The minimum atomic E-state index is -1.14. The molecule has 2 aromatic carbocycles. The fourth-order valence-corrected chi connectivity index (χ4v) is 6.75. The predicted octanol–water partition coefficient (Wildman–Crippen LogP) is 1.38. The van der Waals surface area contributed by atoms with Crippen LogP contribution < -0.4 is 38.1 Å². The lowest BCUT2D eigenvalue weighted by atomic mass is 10.0. The molecule has 4 atom stereocenters. The normalized spacial score (nSPS) is 21.1. The van der Waals surface area contributed by atoms with E-state index >= 15 is 0 Å². The van der Waals surface area contributed by atoms with Gasteiger partial charge in [0.2, 0.25) is 29.5 Å². The van der Waals surface area contributed by atoms with Crippen molar-refractivity contribution in [2.75, 3.05) is 13.1 Å². The largest absolute Gasteiger partial charge is 0.370 e. The highest BCUT2D eigenvalue weighted by Gasteiger charge is 2.32. The van der Waals surface area contributed by atoms with E-state index in [1.807, 2.05) is 60.8 Å². The van der Waals surface area contributed by atoms with Crippen molar-refractivity contribution in [1.29, 1.82) is 0 Å². The molecule has 0 saturated carbocycles. The van der Waals surface area contributed by atoms with Gasteiger partial charge >= 0.3 is 0 Å². The number of imidazole rings is 1. The molecule has 1 fully saturated rings. The number of aromatic amines is 2. The van der Waals surface area contributed by atoms with Gasteiger partial charge in [0.15, 0.2) is 5.96 Å². The van der Waals surface area contributed by atoms with E-state index in [1.54, 1.807) is 6.20 Å². The number of hydrogen-bond donors (Lipinski definition) is 9. The SMILES string of the molecule is NC(N)=NCCCC1NC(=O)C(Cc2ccccc2)NC(=O)[C@H](Cc2cnc[nH]2)NC(=O)CCCCCCCNC(=O)C(Cc2c[nH]c3ccccc23)NC1=O. The minimum Gasteiger partial charge on any atom is -0.370 e. The van der Waals surface area contributed by atoms with Gasteiger partial charge in [0, 0.05) is 67.8 Å². The number of hydrogen-bond acceptors (Lipinski definition) is 7. The first-order chi connectivity index (χ1) is 27.2. The zero-order valence-corrected chi connectivity index (χ0v) is 31.5. The number of rotatable bonds is 10. The van der Waals surface area contributed by atoms with Crippen LogP contribution in [0.2, 0.25) is 0 Å². The van der Waals surface area contributed by atoms with Crippen LogP contribution in [0.15, 0.2) is 78.3 Å². The van der Waals surface area contributed by atoms with Crippen molar-refractivity contribution < 1.29 is 24.0 Å². The number of aromatic nitrogens is 3. The van der Waals surface area contributed by atoms with Gasteiger partial charge in [0.05, 0.1) is 6.33 Å². The molecule has 16 nitrogen and oxygen atoms in total. The Bertz CT molecular complexity index is 1920. The van der Waals surface area contributed by atoms with E-state index in [1.165, 1.54) is 6.33 Å². The third-order valence-corrected chi connectivity index (χ3v) is 9.74. The van der Waals surface area contributed by atoms with Gasteiger partial charge in [-0.2, -0.15) is 0 Å². The number of fused-ring (bicyclic) bond motifs is 1. The zero-order chi connectivity index (χ0) is 39.7. The Morgan fingerprint density at radius 2 is 1.36 bits per heavy atom. The number of guanidine groups is 1. The molecule has 5 amide bonds. The maximum Gasteiger partial charge on any atom is 0.243 e. The van der Waals surface area contributed by atoms with E-state index in [9.17, 15) is 24.0 Å². The molecule has 3 heterocycles. The Balaban J connectivity index is 1.44. The molecule has 5 rings (SSSR count). The third-order valence-electron chi connectivity index (χ3n) is 9.74. The highest BCUT2D eigenvalue weighted by atomic mass is 16.2. The smallest absolute Gasteiger partial charge is 0.243 e. The summed E-state index contributed by atoms with van der Waals surface area (Å²) in [5.41, 5.74) is 14.2. The van der Waals surface area contributed by atoms with Crippen molar-refractivity contribution in [3.05, 3.63) is 90.1 Å². The number of carbonyl (C=O) groups is 5. The number of carbonyl (C=O) groups excluding carboxylic acids is 5. The Hall–Kier alpha value is -6.19. The number of nitrogens with two attached hydrogens (primary N) is 2. The van der Waals surface area contributed by atoms with Crippen LogP contribution in [0, 0.1) is 0 Å². The second kappa shape index (κ2) is 21.0. The number of aliphatic imine (C=N–C) groups is 1. The Kier molecular flexibility index (Phi) is 15.4. The van der Waals surface area contributed by atoms with Gasteiger partial charge in [0.25, 0.3) is 0 Å². The lowest BCUT2D eigenvalue weighted by Crippen LogP contribution is -2.59. The number of nitrogens with one attached hydrogen (secondary N) is 7. The summed E-state index contributed by atoms with van der Waals surface area (Å²) in [6, 6.07) is 12.6. The number of nitrogens with zero attached hydrogens (tertiary/aromatic N) is 2. The summed E-state index contributed by atoms with van der Waals surface area (Å²) in [5, 5.41) is 15.4. The second-order valence-corrected chi connectivity index (χ2v) is 14.1. The summed E-state index contributed by atoms with van der Waals surface area (Å²) in [7, 11) is 0. The standard InChI is InChI=1S/C40H53N11O5/c41-40(42)45-19-11-16-31-37(54)51-33(21-27-23-46-30-15-9-8-14-29(27)30)36(53)44-18-10-3-1-2-7-17-35(52)48-34(22-28-24-43-25-47-28)39(56)50-32(38(55)49-31)20-26-12-5-4-6-13-26/h4-6,8-9,12-15,23-25,31-34,46H,1-3,7,10-11,16-22H2,(H,43,47)(H,44,53)(H,48,52)(H,49,55)(H,50,56)(H,51,54)(H4,41,42,45)/t31?,32?,33?,34-/m0/s1. The maximum absolute atomic E-state index is 14.3. The van der Waals surface area contributed by atoms with E-state index in [2.05, 4.69) is 46.5 Å². The first-order valence-electron chi connectivity index (χ1n) is 19.3. The molecule has 0 aliphatic carbocycles. The van der Waals surface area contributed by atoms with Crippen LogP contribution in [0.25, 0.3) is 10.9 Å². The molecule has 11 N–H and O–H groups in total. The van der Waals surface area contributed by atoms with E-state index in [0.29, 0.717) is 31.5 Å². The van der Waals surface area contributed by atoms with Crippen molar-refractivity contribution in [2.45, 2.75) is 94.8 Å². The summed E-state index contributed by atoms with van der Waals surface area (Å²) >= 11 is 0. The summed E-state index contributed by atoms with van der Waals surface area (Å²) < 4.78 is 0. The van der Waals surface area contributed by atoms with Crippen molar-refractivity contribution in [2.24, 2.45) is 16.5 Å². The Labute approximate surface area is 325 Å². The van der Waals surface area contributed by atoms with Gasteiger partial charge in [-0.05, 0) is 42.9 Å². The lowest BCUT2D eigenvalue weighted by molar-refractivity contribution is -0.134. The molecule has 0 spiro atoms. The van der Waals surface area contributed by atoms with Crippen LogP contribution in [0.5, 0.6) is 0 Å².